The molecule has 0 saturated carbocycles. The Hall–Kier alpha value is -1.81. The lowest BCUT2D eigenvalue weighted by Crippen LogP contribution is -2.13. The highest BCUT2D eigenvalue weighted by Crippen LogP contribution is 2.33. The van der Waals surface area contributed by atoms with E-state index in [1.807, 2.05) is 5.32 Å². The van der Waals surface area contributed by atoms with Crippen molar-refractivity contribution >= 4 is 34.0 Å². The van der Waals surface area contributed by atoms with E-state index >= 15 is 0 Å². The Kier molecular flexibility index (Phi) is 4.10. The second-order valence-electron chi connectivity index (χ2n) is 3.61. The molecule has 1 amide bonds. The average Bonchev–Trinajstić information content (AvgIpc) is 2.82. The summed E-state index contributed by atoms with van der Waals surface area (Å²) in [5, 5.41) is 5.84. The Labute approximate surface area is 122 Å². The molecule has 0 aliphatic carbocycles. The molecule has 0 saturated heterocycles. The molecule has 0 aliphatic rings. The molecule has 0 atom stereocenters. The van der Waals surface area contributed by atoms with E-state index in [2.05, 4.69) is 10.2 Å². The normalized spacial score (nSPS) is 11.5. The molecule has 21 heavy (non-hydrogen) atoms. The summed E-state index contributed by atoms with van der Waals surface area (Å²) in [6.07, 6.45) is -4.69. The van der Waals surface area contributed by atoms with E-state index in [0.29, 0.717) is 12.1 Å². The van der Waals surface area contributed by atoms with Crippen molar-refractivity contribution in [3.63, 3.8) is 0 Å². The number of carbonyl (C=O) groups excluding carboxylic acids is 1. The van der Waals surface area contributed by atoms with Gasteiger partial charge in [-0.1, -0.05) is 22.9 Å². The number of alkyl halides is 3. The van der Waals surface area contributed by atoms with Gasteiger partial charge in [-0.05, 0) is 12.1 Å². The molecule has 0 aliphatic heterocycles. The Balaban J connectivity index is 2.22. The molecule has 0 radical (unpaired) electrons. The Morgan fingerprint density at radius 2 is 1.81 bits per heavy atom. The van der Waals surface area contributed by atoms with Crippen LogP contribution in [-0.4, -0.2) is 16.1 Å². The summed E-state index contributed by atoms with van der Waals surface area (Å²) in [5.74, 6) is -3.62. The van der Waals surface area contributed by atoms with Gasteiger partial charge in [0.25, 0.3) is 5.91 Å². The van der Waals surface area contributed by atoms with Crippen molar-refractivity contribution in [3.05, 3.63) is 39.4 Å². The topological polar surface area (TPSA) is 54.9 Å². The van der Waals surface area contributed by atoms with Crippen LogP contribution in [0, 0.1) is 11.6 Å². The average molecular weight is 344 g/mol. The van der Waals surface area contributed by atoms with Crippen molar-refractivity contribution in [2.45, 2.75) is 6.18 Å². The minimum atomic E-state index is -4.69. The van der Waals surface area contributed by atoms with Crippen LogP contribution in [0.15, 0.2) is 12.1 Å². The van der Waals surface area contributed by atoms with Crippen LogP contribution in [-0.2, 0) is 6.18 Å². The van der Waals surface area contributed by atoms with Gasteiger partial charge >= 0.3 is 6.18 Å². The lowest BCUT2D eigenvalue weighted by Gasteiger charge is -2.04. The minimum Gasteiger partial charge on any atom is -0.296 e. The molecule has 1 aromatic heterocycles. The van der Waals surface area contributed by atoms with Crippen LogP contribution in [0.25, 0.3) is 0 Å². The van der Waals surface area contributed by atoms with E-state index in [4.69, 9.17) is 11.6 Å². The number of benzene rings is 1. The van der Waals surface area contributed by atoms with Crippen molar-refractivity contribution in [1.29, 1.82) is 0 Å². The van der Waals surface area contributed by atoms with E-state index < -0.39 is 44.4 Å². The zero-order valence-electron chi connectivity index (χ0n) is 9.63. The van der Waals surface area contributed by atoms with Crippen molar-refractivity contribution in [2.75, 3.05) is 5.32 Å². The van der Waals surface area contributed by atoms with Gasteiger partial charge in [0.05, 0.1) is 10.6 Å². The number of aromatic nitrogens is 2. The first-order valence-corrected chi connectivity index (χ1v) is 6.24. The predicted octanol–water partition coefficient (Wildman–Crippen LogP) is 3.74. The molecule has 0 bridgehead atoms. The second kappa shape index (κ2) is 5.53. The highest BCUT2D eigenvalue weighted by Gasteiger charge is 2.35. The number of halogens is 6. The number of hydrogen-bond acceptors (Lipinski definition) is 4. The van der Waals surface area contributed by atoms with Crippen molar-refractivity contribution in [1.82, 2.24) is 10.2 Å². The van der Waals surface area contributed by atoms with Crippen molar-refractivity contribution in [3.8, 4) is 0 Å². The maximum atomic E-state index is 13.0. The van der Waals surface area contributed by atoms with Crippen LogP contribution >= 0.6 is 22.9 Å². The molecule has 1 heterocycles. The summed E-state index contributed by atoms with van der Waals surface area (Å²) in [6, 6.07) is 1.10. The molecule has 0 spiro atoms. The highest BCUT2D eigenvalue weighted by molar-refractivity contribution is 7.15. The van der Waals surface area contributed by atoms with Gasteiger partial charge in [0, 0.05) is 0 Å². The monoisotopic (exact) mass is 343 g/mol. The van der Waals surface area contributed by atoms with Gasteiger partial charge in [0.15, 0.2) is 11.6 Å². The van der Waals surface area contributed by atoms with E-state index in [9.17, 15) is 26.7 Å². The van der Waals surface area contributed by atoms with Crippen LogP contribution in [0.4, 0.5) is 27.1 Å². The summed E-state index contributed by atoms with van der Waals surface area (Å²) in [6.45, 7) is 0. The Bertz CT molecular complexity index is 702. The zero-order valence-corrected chi connectivity index (χ0v) is 11.2. The molecule has 1 aromatic carbocycles. The lowest BCUT2D eigenvalue weighted by atomic mass is 10.2. The number of rotatable bonds is 2. The second-order valence-corrected chi connectivity index (χ2v) is 5.00. The molecule has 2 aromatic rings. The number of amides is 1. The zero-order chi connectivity index (χ0) is 15.8. The molecule has 0 fully saturated rings. The molecule has 1 N–H and O–H groups in total. The summed E-state index contributed by atoms with van der Waals surface area (Å²) >= 11 is 5.65. The fourth-order valence-electron chi connectivity index (χ4n) is 1.25. The van der Waals surface area contributed by atoms with E-state index in [1.54, 1.807) is 0 Å². The third-order valence-electron chi connectivity index (χ3n) is 2.14. The number of hydrogen-bond donors (Lipinski definition) is 1. The summed E-state index contributed by atoms with van der Waals surface area (Å²) in [7, 11) is 0. The third kappa shape index (κ3) is 3.45. The van der Waals surface area contributed by atoms with E-state index in [1.165, 1.54) is 0 Å². The Morgan fingerprint density at radius 1 is 1.19 bits per heavy atom. The van der Waals surface area contributed by atoms with Crippen LogP contribution in [0.5, 0.6) is 0 Å². The molecule has 11 heteroatoms. The van der Waals surface area contributed by atoms with Gasteiger partial charge in [-0.25, -0.2) is 8.78 Å². The maximum absolute atomic E-state index is 13.0. The first-order chi connectivity index (χ1) is 9.68. The maximum Gasteiger partial charge on any atom is 0.445 e. The Morgan fingerprint density at radius 3 is 2.38 bits per heavy atom. The molecular weight excluding hydrogens is 341 g/mol. The molecule has 2 rings (SSSR count). The standard InChI is InChI=1S/C10H3ClF5N3OS/c11-4-2-6(13)5(12)1-3(4)7(20)17-9-19-18-8(21-9)10(14,15)16/h1-2H,(H,17,19,20). The number of carbonyl (C=O) groups is 1. The molecule has 0 unspecified atom stereocenters. The largest absolute Gasteiger partial charge is 0.445 e. The van der Waals surface area contributed by atoms with Gasteiger partial charge < -0.3 is 0 Å². The van der Waals surface area contributed by atoms with Crippen LogP contribution < -0.4 is 5.32 Å². The summed E-state index contributed by atoms with van der Waals surface area (Å²) in [5.41, 5.74) is -0.445. The van der Waals surface area contributed by atoms with E-state index in [0.717, 1.165) is 0 Å². The minimum absolute atomic E-state index is 0.0859. The first-order valence-electron chi connectivity index (χ1n) is 5.05. The van der Waals surface area contributed by atoms with Gasteiger partial charge in [-0.2, -0.15) is 13.2 Å². The van der Waals surface area contributed by atoms with Gasteiger partial charge in [0.2, 0.25) is 10.1 Å². The van der Waals surface area contributed by atoms with Crippen LogP contribution in [0.3, 0.4) is 0 Å². The lowest BCUT2D eigenvalue weighted by molar-refractivity contribution is -0.138. The van der Waals surface area contributed by atoms with Gasteiger partial charge in [-0.3, -0.25) is 10.1 Å². The van der Waals surface area contributed by atoms with Gasteiger partial charge in [0.1, 0.15) is 0 Å². The predicted molar refractivity (Wildman–Crippen MR) is 64.2 cm³/mol. The number of nitrogens with one attached hydrogen (secondary N) is 1. The SMILES string of the molecule is O=C(Nc1nnc(C(F)(F)F)s1)c1cc(F)c(F)cc1Cl. The highest BCUT2D eigenvalue weighted by atomic mass is 35.5. The van der Waals surface area contributed by atoms with Crippen molar-refractivity contribution < 1.29 is 26.7 Å². The van der Waals surface area contributed by atoms with Crippen LogP contribution in [0.1, 0.15) is 15.4 Å². The van der Waals surface area contributed by atoms with E-state index in [-0.39, 0.29) is 11.3 Å². The fraction of sp³-hybridized carbons (Fsp3) is 0.100. The van der Waals surface area contributed by atoms with Crippen molar-refractivity contribution in [2.24, 2.45) is 0 Å². The molecule has 4 nitrogen and oxygen atoms in total. The summed E-state index contributed by atoms with van der Waals surface area (Å²) < 4.78 is 62.8. The fourth-order valence-corrected chi connectivity index (χ4v) is 2.09. The smallest absolute Gasteiger partial charge is 0.296 e. The quantitative estimate of drug-likeness (QED) is 0.667. The third-order valence-corrected chi connectivity index (χ3v) is 3.34. The molecule has 112 valence electrons. The summed E-state index contributed by atoms with van der Waals surface area (Å²) in [4.78, 5) is 11.7. The first kappa shape index (κ1) is 15.6. The van der Waals surface area contributed by atoms with Crippen LogP contribution in [0.2, 0.25) is 5.02 Å². The van der Waals surface area contributed by atoms with Gasteiger partial charge in [-0.15, -0.1) is 10.2 Å². The number of anilines is 1. The molecular formula is C10H3ClF5N3OS. The number of nitrogens with zero attached hydrogens (tertiary/aromatic N) is 2.